The van der Waals surface area contributed by atoms with Crippen LogP contribution in [-0.4, -0.2) is 24.1 Å². The molecule has 0 spiro atoms. The van der Waals surface area contributed by atoms with Gasteiger partial charge in [-0.25, -0.2) is 0 Å². The summed E-state index contributed by atoms with van der Waals surface area (Å²) in [4.78, 5) is 39.1. The molecule has 0 N–H and O–H groups in total. The van der Waals surface area contributed by atoms with Crippen LogP contribution in [0.25, 0.3) is 0 Å². The quantitative estimate of drug-likeness (QED) is 0.248. The molecule has 0 heterocycles. The van der Waals surface area contributed by atoms with E-state index in [1.807, 2.05) is 24.3 Å². The van der Waals surface area contributed by atoms with Gasteiger partial charge in [-0.15, -0.1) is 0 Å². The van der Waals surface area contributed by atoms with E-state index in [1.54, 1.807) is 12.1 Å². The highest BCUT2D eigenvalue weighted by Crippen LogP contribution is 2.35. The molecule has 1 atom stereocenters. The molecule has 2 aromatic rings. The van der Waals surface area contributed by atoms with Gasteiger partial charge in [0.1, 0.15) is 0 Å². The minimum Gasteiger partial charge on any atom is -0.465 e. The summed E-state index contributed by atoms with van der Waals surface area (Å²) in [5.41, 5.74) is 3.61. The number of fused-ring (bicyclic) bond motifs is 2. The van der Waals surface area contributed by atoms with Crippen molar-refractivity contribution in [3.8, 4) is 0 Å². The van der Waals surface area contributed by atoms with Crippen LogP contribution in [0.15, 0.2) is 36.4 Å². The second-order valence-electron chi connectivity index (χ2n) is 12.3. The summed E-state index contributed by atoms with van der Waals surface area (Å²) in [6, 6.07) is 11.3. The first-order chi connectivity index (χ1) is 17.4. The largest absolute Gasteiger partial charge is 0.465 e. The summed E-state index contributed by atoms with van der Waals surface area (Å²) in [5, 5.41) is 0. The number of ether oxygens (including phenoxy) is 1. The molecule has 37 heavy (non-hydrogen) atoms. The first-order valence-electron chi connectivity index (χ1n) is 13.9. The average Bonchev–Trinajstić information content (AvgIpc) is 2.86. The zero-order valence-electron chi connectivity index (χ0n) is 23.8. The number of hydrogen-bond acceptors (Lipinski definition) is 4. The Morgan fingerprint density at radius 3 is 1.92 bits per heavy atom. The van der Waals surface area contributed by atoms with E-state index in [0.717, 1.165) is 36.8 Å². The predicted octanol–water partition coefficient (Wildman–Crippen LogP) is 7.97. The van der Waals surface area contributed by atoms with Crippen molar-refractivity contribution < 1.29 is 19.1 Å². The fourth-order valence-corrected chi connectivity index (χ4v) is 5.04. The lowest BCUT2D eigenvalue weighted by atomic mass is 9.75. The van der Waals surface area contributed by atoms with Crippen LogP contribution >= 0.6 is 0 Å². The Kier molecular flexibility index (Phi) is 9.15. The maximum absolute atomic E-state index is 13.4. The number of benzene rings is 2. The summed E-state index contributed by atoms with van der Waals surface area (Å²) in [7, 11) is 0. The van der Waals surface area contributed by atoms with Gasteiger partial charge in [0, 0.05) is 28.7 Å². The lowest BCUT2D eigenvalue weighted by Crippen LogP contribution is -2.25. The van der Waals surface area contributed by atoms with E-state index in [0.29, 0.717) is 47.6 Å². The number of ketones is 2. The van der Waals surface area contributed by atoms with E-state index in [2.05, 4.69) is 48.5 Å². The number of carbonyl (C=O) groups is 3. The number of esters is 1. The number of carbonyl (C=O) groups excluding carboxylic acids is 3. The monoisotopic (exact) mass is 504 g/mol. The Labute approximate surface area is 223 Å². The summed E-state index contributed by atoms with van der Waals surface area (Å²) < 4.78 is 5.55. The Balaban J connectivity index is 1.67. The minimum atomic E-state index is -0.248. The Morgan fingerprint density at radius 2 is 1.38 bits per heavy atom. The standard InChI is InChI=1S/C33H44O4/c1-8-10-12-22(9-2)21-37-29(34)13-11-18-33(6,7)24-15-17-26-28(20-24)31(36)25-16-14-23(32(3,4)5)19-27(25)30(26)35/h14-17,19-20,22H,8-13,18,21H2,1-7H3. The van der Waals surface area contributed by atoms with Crippen molar-refractivity contribution in [2.45, 2.75) is 104 Å². The van der Waals surface area contributed by atoms with Gasteiger partial charge >= 0.3 is 5.97 Å². The van der Waals surface area contributed by atoms with E-state index in [-0.39, 0.29) is 28.4 Å². The third-order valence-corrected chi connectivity index (χ3v) is 7.87. The van der Waals surface area contributed by atoms with Gasteiger partial charge in [0.25, 0.3) is 0 Å². The average molecular weight is 505 g/mol. The first-order valence-corrected chi connectivity index (χ1v) is 13.9. The molecule has 4 heteroatoms. The van der Waals surface area contributed by atoms with Gasteiger partial charge in [-0.2, -0.15) is 0 Å². The molecular weight excluding hydrogens is 460 g/mol. The highest BCUT2D eigenvalue weighted by Gasteiger charge is 2.32. The van der Waals surface area contributed by atoms with Crippen LogP contribution < -0.4 is 0 Å². The van der Waals surface area contributed by atoms with Gasteiger partial charge in [-0.05, 0) is 71.4 Å². The molecule has 200 valence electrons. The maximum Gasteiger partial charge on any atom is 0.305 e. The predicted molar refractivity (Wildman–Crippen MR) is 150 cm³/mol. The third kappa shape index (κ3) is 6.77. The van der Waals surface area contributed by atoms with Gasteiger partial charge in [0.15, 0.2) is 11.6 Å². The molecule has 0 fully saturated rings. The van der Waals surface area contributed by atoms with E-state index in [9.17, 15) is 14.4 Å². The van der Waals surface area contributed by atoms with E-state index in [4.69, 9.17) is 4.74 Å². The first kappa shape index (κ1) is 28.8. The summed E-state index contributed by atoms with van der Waals surface area (Å²) in [6.45, 7) is 15.4. The fraction of sp³-hybridized carbons (Fsp3) is 0.545. The SMILES string of the molecule is CCCCC(CC)COC(=O)CCCC(C)(C)c1ccc2c(c1)C(=O)c1ccc(C(C)(C)C)cc1C2=O. The summed E-state index contributed by atoms with van der Waals surface area (Å²) >= 11 is 0. The Hall–Kier alpha value is -2.75. The van der Waals surface area contributed by atoms with E-state index in [1.165, 1.54) is 6.42 Å². The van der Waals surface area contributed by atoms with Gasteiger partial charge in [0.2, 0.25) is 0 Å². The van der Waals surface area contributed by atoms with Crippen LogP contribution in [-0.2, 0) is 20.4 Å². The van der Waals surface area contributed by atoms with Crippen molar-refractivity contribution in [2.75, 3.05) is 6.61 Å². The number of hydrogen-bond donors (Lipinski definition) is 0. The fourth-order valence-electron chi connectivity index (χ4n) is 5.04. The van der Waals surface area contributed by atoms with E-state index < -0.39 is 0 Å². The molecule has 0 saturated heterocycles. The molecule has 0 saturated carbocycles. The van der Waals surface area contributed by atoms with Crippen LogP contribution in [0.4, 0.5) is 0 Å². The lowest BCUT2D eigenvalue weighted by molar-refractivity contribution is -0.145. The van der Waals surface area contributed by atoms with E-state index >= 15 is 0 Å². The zero-order chi connectivity index (χ0) is 27.4. The second-order valence-corrected chi connectivity index (χ2v) is 12.3. The van der Waals surface area contributed by atoms with Crippen LogP contribution in [0.2, 0.25) is 0 Å². The van der Waals surface area contributed by atoms with Crippen molar-refractivity contribution in [1.29, 1.82) is 0 Å². The molecule has 0 aromatic heterocycles. The zero-order valence-corrected chi connectivity index (χ0v) is 23.8. The van der Waals surface area contributed by atoms with Gasteiger partial charge in [-0.1, -0.05) is 79.9 Å². The molecule has 3 rings (SSSR count). The van der Waals surface area contributed by atoms with Crippen LogP contribution in [0.5, 0.6) is 0 Å². The molecule has 0 amide bonds. The smallest absolute Gasteiger partial charge is 0.305 e. The highest BCUT2D eigenvalue weighted by molar-refractivity contribution is 6.28. The minimum absolute atomic E-state index is 0.0906. The van der Waals surface area contributed by atoms with Crippen molar-refractivity contribution >= 4 is 17.5 Å². The molecule has 4 nitrogen and oxygen atoms in total. The molecule has 0 aliphatic heterocycles. The second kappa shape index (κ2) is 11.8. The Bertz CT molecular complexity index is 1150. The third-order valence-electron chi connectivity index (χ3n) is 7.87. The van der Waals surface area contributed by atoms with Gasteiger partial charge in [0.05, 0.1) is 6.61 Å². The molecule has 1 unspecified atom stereocenters. The van der Waals surface area contributed by atoms with Gasteiger partial charge in [-0.3, -0.25) is 14.4 Å². The number of unbranched alkanes of at least 4 members (excludes halogenated alkanes) is 1. The molecular formula is C33H44O4. The van der Waals surface area contributed by atoms with Crippen LogP contribution in [0.1, 0.15) is 136 Å². The molecule has 0 radical (unpaired) electrons. The summed E-state index contributed by atoms with van der Waals surface area (Å²) in [6.07, 6.45) is 6.34. The van der Waals surface area contributed by atoms with Crippen LogP contribution in [0, 0.1) is 5.92 Å². The van der Waals surface area contributed by atoms with Crippen molar-refractivity contribution in [3.63, 3.8) is 0 Å². The molecule has 1 aliphatic rings. The van der Waals surface area contributed by atoms with Crippen molar-refractivity contribution in [3.05, 3.63) is 69.8 Å². The normalized spacial score (nSPS) is 14.2. The molecule has 1 aliphatic carbocycles. The van der Waals surface area contributed by atoms with Crippen LogP contribution in [0.3, 0.4) is 0 Å². The molecule has 2 aromatic carbocycles. The van der Waals surface area contributed by atoms with Crippen molar-refractivity contribution in [2.24, 2.45) is 5.92 Å². The molecule has 0 bridgehead atoms. The van der Waals surface area contributed by atoms with Crippen molar-refractivity contribution in [1.82, 2.24) is 0 Å². The van der Waals surface area contributed by atoms with Gasteiger partial charge < -0.3 is 4.74 Å². The summed E-state index contributed by atoms with van der Waals surface area (Å²) in [5.74, 6) is 0.122. The highest BCUT2D eigenvalue weighted by atomic mass is 16.5. The maximum atomic E-state index is 13.4. The number of rotatable bonds is 11. The lowest BCUT2D eigenvalue weighted by Gasteiger charge is -2.28. The topological polar surface area (TPSA) is 60.4 Å². The Morgan fingerprint density at radius 1 is 0.811 bits per heavy atom.